The van der Waals surface area contributed by atoms with E-state index in [-0.39, 0.29) is 11.9 Å². The molecule has 0 aliphatic carbocycles. The molecule has 0 saturated carbocycles. The Balaban J connectivity index is 1.73. The van der Waals surface area contributed by atoms with Crippen molar-refractivity contribution in [2.75, 3.05) is 6.54 Å². The van der Waals surface area contributed by atoms with Crippen LogP contribution in [0, 0.1) is 6.92 Å². The highest BCUT2D eigenvalue weighted by Crippen LogP contribution is 2.32. The van der Waals surface area contributed by atoms with Crippen LogP contribution >= 0.6 is 11.3 Å². The quantitative estimate of drug-likeness (QED) is 0.867. The summed E-state index contributed by atoms with van der Waals surface area (Å²) in [5, 5.41) is 3.01. The van der Waals surface area contributed by atoms with Crippen molar-refractivity contribution in [1.82, 2.24) is 9.88 Å². The first-order valence-electron chi connectivity index (χ1n) is 6.99. The Morgan fingerprint density at radius 1 is 1.40 bits per heavy atom. The fourth-order valence-electron chi connectivity index (χ4n) is 2.83. The van der Waals surface area contributed by atoms with Crippen LogP contribution in [0.2, 0.25) is 0 Å². The summed E-state index contributed by atoms with van der Waals surface area (Å²) in [6, 6.07) is 10.6. The van der Waals surface area contributed by atoms with Gasteiger partial charge in [0.15, 0.2) is 0 Å². The molecule has 3 rings (SSSR count). The maximum Gasteiger partial charge on any atom is 0.229 e. The minimum absolute atomic E-state index is 0.196. The van der Waals surface area contributed by atoms with Crippen molar-refractivity contribution >= 4 is 17.2 Å². The Labute approximate surface area is 123 Å². The molecule has 1 aromatic heterocycles. The fraction of sp³-hybridized carbons (Fsp3) is 0.375. The molecule has 0 bridgehead atoms. The standard InChI is InChI=1S/C16H18N2OS/c1-12-17-14(11-20-12)10-16(19)18-9-5-8-15(18)13-6-3-2-4-7-13/h2-4,6-7,11,15H,5,8-10H2,1H3. The first-order chi connectivity index (χ1) is 9.74. The molecule has 1 aliphatic rings. The van der Waals surface area contributed by atoms with Gasteiger partial charge in [-0.15, -0.1) is 11.3 Å². The van der Waals surface area contributed by atoms with E-state index in [2.05, 4.69) is 17.1 Å². The van der Waals surface area contributed by atoms with Crippen LogP contribution in [0.3, 0.4) is 0 Å². The van der Waals surface area contributed by atoms with Crippen molar-refractivity contribution in [3.05, 3.63) is 52.0 Å². The third kappa shape index (κ3) is 2.75. The number of hydrogen-bond acceptors (Lipinski definition) is 3. The smallest absolute Gasteiger partial charge is 0.229 e. The molecule has 3 nitrogen and oxygen atoms in total. The number of likely N-dealkylation sites (tertiary alicyclic amines) is 1. The summed E-state index contributed by atoms with van der Waals surface area (Å²) in [5.74, 6) is 0.196. The van der Waals surface area contributed by atoms with Crippen molar-refractivity contribution in [2.45, 2.75) is 32.2 Å². The number of carbonyl (C=O) groups is 1. The zero-order valence-corrected chi connectivity index (χ0v) is 12.4. The van der Waals surface area contributed by atoms with Gasteiger partial charge in [-0.1, -0.05) is 30.3 Å². The molecule has 0 radical (unpaired) electrons. The lowest BCUT2D eigenvalue weighted by Gasteiger charge is -2.25. The Hall–Kier alpha value is -1.68. The molecule has 104 valence electrons. The van der Waals surface area contributed by atoms with E-state index < -0.39 is 0 Å². The van der Waals surface area contributed by atoms with E-state index >= 15 is 0 Å². The Bertz CT molecular complexity index is 594. The van der Waals surface area contributed by atoms with Gasteiger partial charge >= 0.3 is 0 Å². The number of nitrogens with zero attached hydrogens (tertiary/aromatic N) is 2. The van der Waals surface area contributed by atoms with E-state index in [9.17, 15) is 4.79 Å². The van der Waals surface area contributed by atoms with Crippen LogP contribution in [-0.2, 0) is 11.2 Å². The number of hydrogen-bond donors (Lipinski definition) is 0. The highest BCUT2D eigenvalue weighted by molar-refractivity contribution is 7.09. The topological polar surface area (TPSA) is 33.2 Å². The van der Waals surface area contributed by atoms with E-state index in [1.807, 2.05) is 35.4 Å². The number of aryl methyl sites for hydroxylation is 1. The Kier molecular flexibility index (Phi) is 3.83. The summed E-state index contributed by atoms with van der Waals surface area (Å²) < 4.78 is 0. The molecule has 1 saturated heterocycles. The van der Waals surface area contributed by atoms with Crippen molar-refractivity contribution in [2.24, 2.45) is 0 Å². The number of amides is 1. The highest BCUT2D eigenvalue weighted by Gasteiger charge is 2.29. The van der Waals surface area contributed by atoms with Gasteiger partial charge in [-0.25, -0.2) is 4.98 Å². The third-order valence-corrected chi connectivity index (χ3v) is 4.58. The minimum atomic E-state index is 0.196. The summed E-state index contributed by atoms with van der Waals surface area (Å²) in [5.41, 5.74) is 2.14. The SMILES string of the molecule is Cc1nc(CC(=O)N2CCCC2c2ccccc2)cs1. The highest BCUT2D eigenvalue weighted by atomic mass is 32.1. The maximum absolute atomic E-state index is 12.5. The molecule has 1 atom stereocenters. The lowest BCUT2D eigenvalue weighted by molar-refractivity contribution is -0.131. The molecule has 1 fully saturated rings. The number of thiazole rings is 1. The second-order valence-corrected chi connectivity index (χ2v) is 6.25. The Morgan fingerprint density at radius 3 is 2.90 bits per heavy atom. The molecule has 0 spiro atoms. The summed E-state index contributed by atoms with van der Waals surface area (Å²) >= 11 is 1.60. The van der Waals surface area contributed by atoms with Crippen LogP contribution < -0.4 is 0 Å². The summed E-state index contributed by atoms with van der Waals surface area (Å²) in [6.07, 6.45) is 2.57. The van der Waals surface area contributed by atoms with Gasteiger partial charge in [-0.05, 0) is 25.3 Å². The zero-order chi connectivity index (χ0) is 13.9. The average Bonchev–Trinajstić information content (AvgIpc) is 3.09. The third-order valence-electron chi connectivity index (χ3n) is 3.76. The zero-order valence-electron chi connectivity index (χ0n) is 11.6. The van der Waals surface area contributed by atoms with Crippen LogP contribution in [0.15, 0.2) is 35.7 Å². The number of aromatic nitrogens is 1. The molecule has 4 heteroatoms. The van der Waals surface area contributed by atoms with Crippen LogP contribution in [0.25, 0.3) is 0 Å². The predicted molar refractivity (Wildman–Crippen MR) is 80.7 cm³/mol. The van der Waals surface area contributed by atoms with E-state index in [1.54, 1.807) is 11.3 Å². The van der Waals surface area contributed by atoms with Crippen molar-refractivity contribution in [3.63, 3.8) is 0 Å². The maximum atomic E-state index is 12.5. The monoisotopic (exact) mass is 286 g/mol. The van der Waals surface area contributed by atoms with Crippen molar-refractivity contribution in [3.8, 4) is 0 Å². The molecule has 1 amide bonds. The molecular weight excluding hydrogens is 268 g/mol. The summed E-state index contributed by atoms with van der Waals surface area (Å²) in [4.78, 5) is 18.9. The fourth-order valence-corrected chi connectivity index (χ4v) is 3.45. The van der Waals surface area contributed by atoms with Crippen LogP contribution in [0.1, 0.15) is 35.1 Å². The Morgan fingerprint density at radius 2 is 2.20 bits per heavy atom. The van der Waals surface area contributed by atoms with E-state index in [4.69, 9.17) is 0 Å². The van der Waals surface area contributed by atoms with Crippen molar-refractivity contribution in [1.29, 1.82) is 0 Å². The number of benzene rings is 1. The van der Waals surface area contributed by atoms with Crippen molar-refractivity contribution < 1.29 is 4.79 Å². The predicted octanol–water partition coefficient (Wildman–Crippen LogP) is 3.36. The molecule has 1 aliphatic heterocycles. The summed E-state index contributed by atoms with van der Waals surface area (Å²) in [6.45, 7) is 2.84. The normalized spacial score (nSPS) is 18.4. The van der Waals surface area contributed by atoms with Gasteiger partial charge in [0.05, 0.1) is 23.2 Å². The molecule has 0 N–H and O–H groups in total. The molecule has 2 aromatic rings. The van der Waals surface area contributed by atoms with Crippen LogP contribution in [0.4, 0.5) is 0 Å². The molecule has 1 unspecified atom stereocenters. The largest absolute Gasteiger partial charge is 0.335 e. The lowest BCUT2D eigenvalue weighted by atomic mass is 10.0. The molecule has 2 heterocycles. The van der Waals surface area contributed by atoms with Gasteiger partial charge in [0.1, 0.15) is 0 Å². The first kappa shape index (κ1) is 13.3. The second-order valence-electron chi connectivity index (χ2n) is 5.19. The second kappa shape index (κ2) is 5.75. The molecular formula is C16H18N2OS. The van der Waals surface area contributed by atoms with Gasteiger partial charge in [0, 0.05) is 11.9 Å². The van der Waals surface area contributed by atoms with E-state index in [0.29, 0.717) is 6.42 Å². The summed E-state index contributed by atoms with van der Waals surface area (Å²) in [7, 11) is 0. The lowest BCUT2D eigenvalue weighted by Crippen LogP contribution is -2.31. The molecule has 20 heavy (non-hydrogen) atoms. The molecule has 1 aromatic carbocycles. The van der Waals surface area contributed by atoms with E-state index in [1.165, 1.54) is 5.56 Å². The van der Waals surface area contributed by atoms with Gasteiger partial charge in [0.25, 0.3) is 0 Å². The average molecular weight is 286 g/mol. The van der Waals surface area contributed by atoms with Gasteiger partial charge in [-0.3, -0.25) is 4.79 Å². The number of carbonyl (C=O) groups excluding carboxylic acids is 1. The van der Waals surface area contributed by atoms with Gasteiger partial charge < -0.3 is 4.90 Å². The van der Waals surface area contributed by atoms with E-state index in [0.717, 1.165) is 30.1 Å². The first-order valence-corrected chi connectivity index (χ1v) is 7.87. The minimum Gasteiger partial charge on any atom is -0.335 e. The van der Waals surface area contributed by atoms with Gasteiger partial charge in [0.2, 0.25) is 5.91 Å². The number of rotatable bonds is 3. The van der Waals surface area contributed by atoms with Crippen LogP contribution in [0.5, 0.6) is 0 Å². The van der Waals surface area contributed by atoms with Gasteiger partial charge in [-0.2, -0.15) is 0 Å². The van der Waals surface area contributed by atoms with Crippen LogP contribution in [-0.4, -0.2) is 22.3 Å².